The summed E-state index contributed by atoms with van der Waals surface area (Å²) >= 11 is 0. The highest BCUT2D eigenvalue weighted by Gasteiger charge is 2.22. The lowest BCUT2D eigenvalue weighted by atomic mass is 10.1. The van der Waals surface area contributed by atoms with Crippen LogP contribution in [0.15, 0.2) is 97.1 Å². The van der Waals surface area contributed by atoms with E-state index in [2.05, 4.69) is 134 Å². The standard InChI is InChI=1S/C34H28N2/c1-21-13-17-31-28(19-21)26-15-16-27-29-20-22(2)14-18-32(29)36(30-12-8-9-23(3)24(30)4)34(27)33(26)35(31)25-10-6-5-7-11-25/h5-20H,1-4H3. The largest absolute Gasteiger partial charge is 0.307 e. The molecule has 0 bridgehead atoms. The van der Waals surface area contributed by atoms with Crippen LogP contribution in [0, 0.1) is 27.7 Å². The summed E-state index contributed by atoms with van der Waals surface area (Å²) in [6.45, 7) is 8.81. The molecule has 0 spiro atoms. The van der Waals surface area contributed by atoms with Crippen molar-refractivity contribution in [1.82, 2.24) is 9.13 Å². The molecule has 2 nitrogen and oxygen atoms in total. The number of nitrogens with zero attached hydrogens (tertiary/aromatic N) is 2. The molecule has 0 saturated heterocycles. The SMILES string of the molecule is Cc1ccc2c(c1)c1ccc3c4cc(C)ccc4n(-c4cccc(C)c4C)c3c1n2-c1ccccc1. The molecular formula is C34H28N2. The van der Waals surface area contributed by atoms with Gasteiger partial charge in [0.25, 0.3) is 0 Å². The fraction of sp³-hybridized carbons (Fsp3) is 0.118. The van der Waals surface area contributed by atoms with E-state index < -0.39 is 0 Å². The molecule has 0 radical (unpaired) electrons. The third-order valence-corrected chi connectivity index (χ3v) is 7.80. The monoisotopic (exact) mass is 464 g/mol. The lowest BCUT2D eigenvalue weighted by Gasteiger charge is -2.15. The maximum absolute atomic E-state index is 2.50. The molecule has 0 amide bonds. The van der Waals surface area contributed by atoms with Crippen molar-refractivity contribution in [3.63, 3.8) is 0 Å². The summed E-state index contributed by atoms with van der Waals surface area (Å²) in [6.07, 6.45) is 0. The van der Waals surface area contributed by atoms with Crippen LogP contribution >= 0.6 is 0 Å². The van der Waals surface area contributed by atoms with Crippen LogP contribution in [0.4, 0.5) is 0 Å². The minimum atomic E-state index is 1.18. The fourth-order valence-electron chi connectivity index (χ4n) is 5.90. The van der Waals surface area contributed by atoms with Gasteiger partial charge in [0.05, 0.1) is 22.1 Å². The molecular weight excluding hydrogens is 436 g/mol. The van der Waals surface area contributed by atoms with Gasteiger partial charge in [-0.15, -0.1) is 0 Å². The molecule has 0 unspecified atom stereocenters. The molecule has 0 saturated carbocycles. The van der Waals surface area contributed by atoms with Crippen molar-refractivity contribution in [1.29, 1.82) is 0 Å². The van der Waals surface area contributed by atoms with Crippen LogP contribution in [0.25, 0.3) is 55.0 Å². The molecule has 0 atom stereocenters. The predicted molar refractivity (Wildman–Crippen MR) is 154 cm³/mol. The number of hydrogen-bond acceptors (Lipinski definition) is 0. The van der Waals surface area contributed by atoms with E-state index in [1.807, 2.05) is 0 Å². The van der Waals surface area contributed by atoms with Gasteiger partial charge < -0.3 is 9.13 Å². The number of rotatable bonds is 2. The zero-order valence-corrected chi connectivity index (χ0v) is 21.1. The second-order valence-electron chi connectivity index (χ2n) is 10.1. The molecule has 2 aromatic heterocycles. The van der Waals surface area contributed by atoms with E-state index in [9.17, 15) is 0 Å². The van der Waals surface area contributed by atoms with E-state index in [1.165, 1.54) is 77.2 Å². The molecule has 2 heteroatoms. The first-order valence-electron chi connectivity index (χ1n) is 12.6. The maximum Gasteiger partial charge on any atom is 0.0789 e. The third kappa shape index (κ3) is 2.85. The zero-order chi connectivity index (χ0) is 24.6. The highest BCUT2D eigenvalue weighted by molar-refractivity contribution is 6.24. The van der Waals surface area contributed by atoms with Gasteiger partial charge in [0.15, 0.2) is 0 Å². The summed E-state index contributed by atoms with van der Waals surface area (Å²) in [5, 5.41) is 5.17. The van der Waals surface area contributed by atoms with Crippen LogP contribution in [0.3, 0.4) is 0 Å². The van der Waals surface area contributed by atoms with Gasteiger partial charge in [-0.1, -0.05) is 65.7 Å². The number of aromatic nitrogens is 2. The Morgan fingerprint density at radius 3 is 1.69 bits per heavy atom. The molecule has 0 aliphatic rings. The van der Waals surface area contributed by atoms with Gasteiger partial charge in [-0.05, 0) is 81.3 Å². The summed E-state index contributed by atoms with van der Waals surface area (Å²) in [5.74, 6) is 0. The lowest BCUT2D eigenvalue weighted by Crippen LogP contribution is -2.01. The van der Waals surface area contributed by atoms with Gasteiger partial charge >= 0.3 is 0 Å². The smallest absolute Gasteiger partial charge is 0.0789 e. The van der Waals surface area contributed by atoms with Crippen molar-refractivity contribution in [2.75, 3.05) is 0 Å². The van der Waals surface area contributed by atoms with Gasteiger partial charge in [-0.3, -0.25) is 0 Å². The van der Waals surface area contributed by atoms with Crippen LogP contribution in [0.5, 0.6) is 0 Å². The minimum absolute atomic E-state index is 1.18. The summed E-state index contributed by atoms with van der Waals surface area (Å²) in [5.41, 5.74) is 12.6. The van der Waals surface area contributed by atoms with Crippen LogP contribution < -0.4 is 0 Å². The van der Waals surface area contributed by atoms with E-state index in [1.54, 1.807) is 0 Å². The van der Waals surface area contributed by atoms with Crippen LogP contribution in [-0.2, 0) is 0 Å². The predicted octanol–water partition coefficient (Wildman–Crippen LogP) is 9.11. The van der Waals surface area contributed by atoms with Gasteiger partial charge in [0, 0.05) is 32.9 Å². The number of benzene rings is 5. The molecule has 36 heavy (non-hydrogen) atoms. The van der Waals surface area contributed by atoms with E-state index in [4.69, 9.17) is 0 Å². The molecule has 7 rings (SSSR count). The second-order valence-corrected chi connectivity index (χ2v) is 10.1. The molecule has 0 aliphatic carbocycles. The van der Waals surface area contributed by atoms with Gasteiger partial charge in [0.1, 0.15) is 0 Å². The average Bonchev–Trinajstić information content (AvgIpc) is 3.38. The first kappa shape index (κ1) is 21.0. The number of aryl methyl sites for hydroxylation is 3. The molecule has 0 fully saturated rings. The zero-order valence-electron chi connectivity index (χ0n) is 21.1. The van der Waals surface area contributed by atoms with Crippen molar-refractivity contribution in [2.24, 2.45) is 0 Å². The Kier molecular flexibility index (Phi) is 4.44. The number of para-hydroxylation sites is 1. The number of hydrogen-bond donors (Lipinski definition) is 0. The van der Waals surface area contributed by atoms with Crippen molar-refractivity contribution >= 4 is 43.6 Å². The molecule has 5 aromatic carbocycles. The Morgan fingerprint density at radius 1 is 0.472 bits per heavy atom. The Labute approximate surface area is 211 Å². The van der Waals surface area contributed by atoms with Crippen molar-refractivity contribution < 1.29 is 0 Å². The van der Waals surface area contributed by atoms with Crippen LogP contribution in [0.1, 0.15) is 22.3 Å². The van der Waals surface area contributed by atoms with E-state index in [-0.39, 0.29) is 0 Å². The van der Waals surface area contributed by atoms with Gasteiger partial charge in [-0.2, -0.15) is 0 Å². The normalized spacial score (nSPS) is 11.9. The van der Waals surface area contributed by atoms with Crippen LogP contribution in [-0.4, -0.2) is 9.13 Å². The Balaban J connectivity index is 1.81. The maximum atomic E-state index is 2.50. The third-order valence-electron chi connectivity index (χ3n) is 7.80. The van der Waals surface area contributed by atoms with Crippen molar-refractivity contribution in [3.8, 4) is 11.4 Å². The van der Waals surface area contributed by atoms with E-state index in [0.717, 1.165) is 0 Å². The lowest BCUT2D eigenvalue weighted by molar-refractivity contribution is 1.12. The highest BCUT2D eigenvalue weighted by Crippen LogP contribution is 2.42. The first-order chi connectivity index (χ1) is 17.5. The topological polar surface area (TPSA) is 9.86 Å². The molecule has 7 aromatic rings. The minimum Gasteiger partial charge on any atom is -0.307 e. The number of fused-ring (bicyclic) bond motifs is 7. The van der Waals surface area contributed by atoms with E-state index in [0.29, 0.717) is 0 Å². The van der Waals surface area contributed by atoms with Crippen molar-refractivity contribution in [2.45, 2.75) is 27.7 Å². The van der Waals surface area contributed by atoms with E-state index >= 15 is 0 Å². The fourth-order valence-corrected chi connectivity index (χ4v) is 5.90. The Bertz CT molecular complexity index is 1970. The molecule has 0 aliphatic heterocycles. The Morgan fingerprint density at radius 2 is 1.06 bits per heavy atom. The van der Waals surface area contributed by atoms with Gasteiger partial charge in [0.2, 0.25) is 0 Å². The van der Waals surface area contributed by atoms with Crippen molar-refractivity contribution in [3.05, 3.63) is 119 Å². The molecule has 0 N–H and O–H groups in total. The first-order valence-corrected chi connectivity index (χ1v) is 12.6. The highest BCUT2D eigenvalue weighted by atomic mass is 15.0. The van der Waals surface area contributed by atoms with Gasteiger partial charge in [-0.25, -0.2) is 0 Å². The summed E-state index contributed by atoms with van der Waals surface area (Å²) in [6, 6.07) is 35.8. The summed E-state index contributed by atoms with van der Waals surface area (Å²) in [7, 11) is 0. The van der Waals surface area contributed by atoms with Crippen LogP contribution in [0.2, 0.25) is 0 Å². The summed E-state index contributed by atoms with van der Waals surface area (Å²) < 4.78 is 4.96. The average molecular weight is 465 g/mol. The quantitative estimate of drug-likeness (QED) is 0.241. The molecule has 174 valence electrons. The molecule has 2 heterocycles. The summed E-state index contributed by atoms with van der Waals surface area (Å²) in [4.78, 5) is 0. The Hall–Kier alpha value is -4.30. The second kappa shape index (κ2) is 7.60.